The van der Waals surface area contributed by atoms with Crippen LogP contribution < -0.4 is 5.73 Å². The minimum Gasteiger partial charge on any atom is -0.323 e. The highest BCUT2D eigenvalue weighted by Crippen LogP contribution is 2.38. The van der Waals surface area contributed by atoms with E-state index in [9.17, 15) is 13.2 Å². The summed E-state index contributed by atoms with van der Waals surface area (Å²) in [5, 5.41) is -0.836. The normalized spacial score (nSPS) is 15.4. The molecule has 2 N–H and O–H groups in total. The van der Waals surface area contributed by atoms with Gasteiger partial charge in [0.2, 0.25) is 0 Å². The third-order valence-electron chi connectivity index (χ3n) is 2.01. The Morgan fingerprint density at radius 2 is 1.87 bits per heavy atom. The zero-order valence-electron chi connectivity index (χ0n) is 8.72. The van der Waals surface area contributed by atoms with E-state index in [1.807, 2.05) is 20.8 Å². The number of alkyl halides is 3. The van der Waals surface area contributed by atoms with E-state index >= 15 is 0 Å². The topological polar surface area (TPSA) is 38.9 Å². The van der Waals surface area contributed by atoms with Gasteiger partial charge >= 0.3 is 6.18 Å². The van der Waals surface area contributed by atoms with Crippen LogP contribution >= 0.6 is 11.3 Å². The average molecular weight is 238 g/mol. The smallest absolute Gasteiger partial charge is 0.323 e. The quantitative estimate of drug-likeness (QED) is 0.816. The lowest BCUT2D eigenvalue weighted by Crippen LogP contribution is -2.25. The van der Waals surface area contributed by atoms with Crippen molar-refractivity contribution in [2.45, 2.75) is 33.0 Å². The minimum atomic E-state index is -4.37. The summed E-state index contributed by atoms with van der Waals surface area (Å²) in [6.45, 7) is 5.64. The molecule has 0 aliphatic heterocycles. The summed E-state index contributed by atoms with van der Waals surface area (Å²) in [6, 6.07) is -0.425. The number of hydrogen-bond acceptors (Lipinski definition) is 3. The van der Waals surface area contributed by atoms with E-state index in [1.54, 1.807) is 0 Å². The number of hydrogen-bond donors (Lipinski definition) is 1. The maximum atomic E-state index is 12.3. The van der Waals surface area contributed by atoms with Crippen LogP contribution in [0.2, 0.25) is 0 Å². The fourth-order valence-corrected chi connectivity index (χ4v) is 2.02. The van der Waals surface area contributed by atoms with Gasteiger partial charge in [0, 0.05) is 17.1 Å². The van der Waals surface area contributed by atoms with Crippen molar-refractivity contribution in [2.75, 3.05) is 0 Å². The van der Waals surface area contributed by atoms with Crippen molar-refractivity contribution in [3.63, 3.8) is 0 Å². The van der Waals surface area contributed by atoms with Gasteiger partial charge in [-0.2, -0.15) is 13.2 Å². The monoisotopic (exact) mass is 238 g/mol. The molecule has 0 fully saturated rings. The van der Waals surface area contributed by atoms with Crippen LogP contribution in [0.25, 0.3) is 0 Å². The third kappa shape index (κ3) is 2.92. The maximum absolute atomic E-state index is 12.3. The molecule has 0 aliphatic rings. The molecule has 0 aromatic carbocycles. The molecule has 1 atom stereocenters. The van der Waals surface area contributed by atoms with Crippen molar-refractivity contribution in [3.05, 3.63) is 16.1 Å². The minimum absolute atomic E-state index is 0.268. The molecule has 1 aromatic rings. The van der Waals surface area contributed by atoms with Gasteiger partial charge in [-0.3, -0.25) is 0 Å². The Bertz CT molecular complexity index is 338. The van der Waals surface area contributed by atoms with Gasteiger partial charge in [0.05, 0.1) is 0 Å². The van der Waals surface area contributed by atoms with Gasteiger partial charge in [0.1, 0.15) is 0 Å². The Labute approximate surface area is 90.3 Å². The lowest BCUT2D eigenvalue weighted by molar-refractivity contribution is -0.137. The molecule has 0 saturated heterocycles. The van der Waals surface area contributed by atoms with Crippen molar-refractivity contribution in [1.29, 1.82) is 0 Å². The van der Waals surface area contributed by atoms with Gasteiger partial charge in [0.25, 0.3) is 0 Å². The first-order valence-corrected chi connectivity index (χ1v) is 5.22. The highest BCUT2D eigenvalue weighted by atomic mass is 32.1. The van der Waals surface area contributed by atoms with Gasteiger partial charge in [-0.25, -0.2) is 4.98 Å². The fourth-order valence-electron chi connectivity index (χ4n) is 0.988. The van der Waals surface area contributed by atoms with E-state index in [1.165, 1.54) is 6.20 Å². The van der Waals surface area contributed by atoms with E-state index in [4.69, 9.17) is 5.73 Å². The summed E-state index contributed by atoms with van der Waals surface area (Å²) in [6.07, 6.45) is -3.16. The number of nitrogens with zero attached hydrogens (tertiary/aromatic N) is 1. The van der Waals surface area contributed by atoms with E-state index in [0.29, 0.717) is 16.2 Å². The Kier molecular flexibility index (Phi) is 3.11. The molecule has 1 aromatic heterocycles. The van der Waals surface area contributed by atoms with Gasteiger partial charge < -0.3 is 5.73 Å². The van der Waals surface area contributed by atoms with Crippen LogP contribution in [0.3, 0.4) is 0 Å². The molecular weight excluding hydrogens is 225 g/mol. The summed E-state index contributed by atoms with van der Waals surface area (Å²) in [4.78, 5) is 3.80. The predicted molar refractivity (Wildman–Crippen MR) is 53.5 cm³/mol. The molecule has 6 heteroatoms. The predicted octanol–water partition coefficient (Wildman–Crippen LogP) is 3.21. The first kappa shape index (κ1) is 12.4. The Hall–Kier alpha value is -0.620. The Morgan fingerprint density at radius 1 is 1.33 bits per heavy atom. The molecule has 0 spiro atoms. The Morgan fingerprint density at radius 3 is 2.20 bits per heavy atom. The molecule has 2 nitrogen and oxygen atoms in total. The SMILES string of the molecule is CC(C)(C)C(N)c1cnc(C(F)(F)F)s1. The maximum Gasteiger partial charge on any atom is 0.443 e. The third-order valence-corrected chi connectivity index (χ3v) is 3.13. The number of halogens is 3. The average Bonchev–Trinajstić information content (AvgIpc) is 2.47. The van der Waals surface area contributed by atoms with Crippen molar-refractivity contribution in [2.24, 2.45) is 11.1 Å². The van der Waals surface area contributed by atoms with Crippen LogP contribution in [0.5, 0.6) is 0 Å². The second kappa shape index (κ2) is 3.75. The number of rotatable bonds is 1. The number of thiazole rings is 1. The molecule has 1 rings (SSSR count). The van der Waals surface area contributed by atoms with Gasteiger partial charge in [-0.05, 0) is 5.41 Å². The zero-order valence-corrected chi connectivity index (χ0v) is 9.54. The summed E-state index contributed by atoms with van der Waals surface area (Å²) >= 11 is 0.614. The summed E-state index contributed by atoms with van der Waals surface area (Å²) in [5.41, 5.74) is 5.56. The van der Waals surface area contributed by atoms with Crippen LogP contribution in [0, 0.1) is 5.41 Å². The summed E-state index contributed by atoms with van der Waals surface area (Å²) in [7, 11) is 0. The Balaban J connectivity index is 2.95. The molecule has 1 heterocycles. The largest absolute Gasteiger partial charge is 0.443 e. The van der Waals surface area contributed by atoms with Crippen LogP contribution in [0.15, 0.2) is 6.20 Å². The van der Waals surface area contributed by atoms with E-state index in [0.717, 1.165) is 0 Å². The second-order valence-corrected chi connectivity index (χ2v) is 5.47. The highest BCUT2D eigenvalue weighted by molar-refractivity contribution is 7.11. The first-order chi connectivity index (χ1) is 6.62. The highest BCUT2D eigenvalue weighted by Gasteiger charge is 2.36. The second-order valence-electron chi connectivity index (χ2n) is 4.41. The van der Waals surface area contributed by atoms with Crippen molar-refractivity contribution in [1.82, 2.24) is 4.98 Å². The van der Waals surface area contributed by atoms with Gasteiger partial charge in [-0.15, -0.1) is 11.3 Å². The van der Waals surface area contributed by atoms with Crippen molar-refractivity contribution >= 4 is 11.3 Å². The molecule has 0 aliphatic carbocycles. The standard InChI is InChI=1S/C9H13F3N2S/c1-8(2,3)6(13)5-4-14-7(15-5)9(10,11)12/h4,6H,13H2,1-3H3. The molecule has 15 heavy (non-hydrogen) atoms. The van der Waals surface area contributed by atoms with E-state index in [-0.39, 0.29) is 5.41 Å². The number of aromatic nitrogens is 1. The van der Waals surface area contributed by atoms with Crippen molar-refractivity contribution in [3.8, 4) is 0 Å². The molecule has 0 saturated carbocycles. The summed E-state index contributed by atoms with van der Waals surface area (Å²) < 4.78 is 36.8. The zero-order chi connectivity index (χ0) is 11.9. The van der Waals surface area contributed by atoms with Crippen molar-refractivity contribution < 1.29 is 13.2 Å². The fraction of sp³-hybridized carbons (Fsp3) is 0.667. The molecule has 1 unspecified atom stereocenters. The molecule has 0 radical (unpaired) electrons. The van der Waals surface area contributed by atoms with Gasteiger partial charge in [-0.1, -0.05) is 20.8 Å². The first-order valence-electron chi connectivity index (χ1n) is 4.41. The molecule has 0 amide bonds. The number of nitrogens with two attached hydrogens (primary N) is 1. The van der Waals surface area contributed by atoms with E-state index < -0.39 is 17.2 Å². The molecular formula is C9H13F3N2S. The van der Waals surface area contributed by atoms with Gasteiger partial charge in [0.15, 0.2) is 5.01 Å². The molecule has 0 bridgehead atoms. The molecule has 86 valence electrons. The van der Waals surface area contributed by atoms with E-state index in [2.05, 4.69) is 4.98 Å². The van der Waals surface area contributed by atoms with Crippen LogP contribution in [-0.2, 0) is 6.18 Å². The summed E-state index contributed by atoms with van der Waals surface area (Å²) in [5.74, 6) is 0. The van der Waals surface area contributed by atoms with Crippen LogP contribution in [-0.4, -0.2) is 4.98 Å². The van der Waals surface area contributed by atoms with Crippen LogP contribution in [0.4, 0.5) is 13.2 Å². The lowest BCUT2D eigenvalue weighted by atomic mass is 9.87. The van der Waals surface area contributed by atoms with Crippen LogP contribution in [0.1, 0.15) is 36.7 Å². The lowest BCUT2D eigenvalue weighted by Gasteiger charge is -2.25.